The Kier molecular flexibility index (Phi) is 6.09. The fourth-order valence-corrected chi connectivity index (χ4v) is 4.26. The number of aromatic nitrogens is 1. The predicted octanol–water partition coefficient (Wildman–Crippen LogP) is 2.79. The van der Waals surface area contributed by atoms with E-state index < -0.39 is 21.9 Å². The van der Waals surface area contributed by atoms with Gasteiger partial charge in [-0.2, -0.15) is 0 Å². The number of nitro groups is 1. The minimum Gasteiger partial charge on any atom is -0.353 e. The van der Waals surface area contributed by atoms with Crippen molar-refractivity contribution in [1.82, 2.24) is 15.2 Å². The number of thioether (sulfide) groups is 1. The van der Waals surface area contributed by atoms with E-state index in [9.17, 15) is 28.9 Å². The summed E-state index contributed by atoms with van der Waals surface area (Å²) >= 11 is 0.647. The Morgan fingerprint density at radius 3 is 2.55 bits per heavy atom. The minimum atomic E-state index is -0.654. The molecular formula is C21H18FN5O5S. The molecule has 2 saturated heterocycles. The lowest BCUT2D eigenvalue weighted by Gasteiger charge is -2.35. The van der Waals surface area contributed by atoms with Crippen molar-refractivity contribution in [3.05, 3.63) is 56.7 Å². The summed E-state index contributed by atoms with van der Waals surface area (Å²) in [5.74, 6) is -0.807. The maximum atomic E-state index is 14.4. The molecule has 0 bridgehead atoms. The third-order valence-electron chi connectivity index (χ3n) is 5.30. The second-order valence-corrected chi connectivity index (χ2v) is 8.39. The molecule has 2 aromatic rings. The van der Waals surface area contributed by atoms with Gasteiger partial charge >= 0.3 is 0 Å². The number of benzene rings is 1. The van der Waals surface area contributed by atoms with E-state index in [2.05, 4.69) is 10.3 Å². The Labute approximate surface area is 191 Å². The summed E-state index contributed by atoms with van der Waals surface area (Å²) in [5.41, 5.74) is 0.0746. The number of carbonyl (C=O) groups excluding carboxylic acids is 3. The zero-order valence-electron chi connectivity index (χ0n) is 17.4. The number of rotatable bonds is 4. The molecule has 12 heteroatoms. The van der Waals surface area contributed by atoms with Crippen LogP contribution in [0.5, 0.6) is 0 Å². The van der Waals surface area contributed by atoms with Crippen molar-refractivity contribution in [1.29, 1.82) is 0 Å². The van der Waals surface area contributed by atoms with Gasteiger partial charge in [-0.15, -0.1) is 0 Å². The molecule has 3 amide bonds. The van der Waals surface area contributed by atoms with Gasteiger partial charge in [0, 0.05) is 50.3 Å². The van der Waals surface area contributed by atoms with Gasteiger partial charge in [0.2, 0.25) is 5.91 Å². The van der Waals surface area contributed by atoms with E-state index in [0.29, 0.717) is 43.8 Å². The Morgan fingerprint density at radius 1 is 1.21 bits per heavy atom. The third kappa shape index (κ3) is 4.70. The topological polar surface area (TPSA) is 126 Å². The molecule has 10 nitrogen and oxygen atoms in total. The molecule has 1 N–H and O–H groups in total. The standard InChI is InChI=1S/C21H18FN5O5S/c1-12(28)25-6-8-26(9-7-25)18-5-4-16(27(31)32)19(23-18)13-2-3-15(22)14(10-13)11-17-20(29)24-21(30)33-17/h2-5,10-11H,6-9H2,1H3,(H,24,29,30)/b17-11-. The number of hydrogen-bond donors (Lipinski definition) is 1. The van der Waals surface area contributed by atoms with E-state index in [1.165, 1.54) is 31.2 Å². The van der Waals surface area contributed by atoms with Gasteiger partial charge in [0.05, 0.1) is 9.83 Å². The van der Waals surface area contributed by atoms with Gasteiger partial charge in [0.25, 0.3) is 16.8 Å². The summed E-state index contributed by atoms with van der Waals surface area (Å²) in [7, 11) is 0. The van der Waals surface area contributed by atoms with Crippen molar-refractivity contribution in [2.24, 2.45) is 0 Å². The third-order valence-corrected chi connectivity index (χ3v) is 6.11. The number of pyridine rings is 1. The van der Waals surface area contributed by atoms with Crippen molar-refractivity contribution in [3.63, 3.8) is 0 Å². The zero-order chi connectivity index (χ0) is 23.7. The van der Waals surface area contributed by atoms with Crippen LogP contribution in [0.3, 0.4) is 0 Å². The fourth-order valence-electron chi connectivity index (χ4n) is 3.59. The summed E-state index contributed by atoms with van der Waals surface area (Å²) < 4.78 is 14.4. The van der Waals surface area contributed by atoms with Gasteiger partial charge < -0.3 is 9.80 Å². The van der Waals surface area contributed by atoms with Crippen LogP contribution in [0.2, 0.25) is 0 Å². The summed E-state index contributed by atoms with van der Waals surface area (Å²) in [4.78, 5) is 54.0. The highest BCUT2D eigenvalue weighted by Crippen LogP contribution is 2.33. The molecule has 33 heavy (non-hydrogen) atoms. The van der Waals surface area contributed by atoms with Crippen LogP contribution < -0.4 is 10.2 Å². The van der Waals surface area contributed by atoms with Crippen LogP contribution in [0.1, 0.15) is 12.5 Å². The largest absolute Gasteiger partial charge is 0.353 e. The first kappa shape index (κ1) is 22.4. The van der Waals surface area contributed by atoms with E-state index in [1.54, 1.807) is 11.0 Å². The molecule has 2 aliphatic heterocycles. The quantitative estimate of drug-likeness (QED) is 0.410. The smallest absolute Gasteiger partial charge is 0.295 e. The Morgan fingerprint density at radius 2 is 1.94 bits per heavy atom. The lowest BCUT2D eigenvalue weighted by molar-refractivity contribution is -0.384. The van der Waals surface area contributed by atoms with Crippen LogP contribution in [-0.4, -0.2) is 58.0 Å². The van der Waals surface area contributed by atoms with Gasteiger partial charge in [-0.1, -0.05) is 0 Å². The normalized spacial score (nSPS) is 17.5. The number of anilines is 1. The van der Waals surface area contributed by atoms with E-state index >= 15 is 0 Å². The van der Waals surface area contributed by atoms with Crippen LogP contribution >= 0.6 is 11.8 Å². The second-order valence-electron chi connectivity index (χ2n) is 7.38. The Balaban J connectivity index is 1.71. The number of carbonyl (C=O) groups is 3. The SMILES string of the molecule is CC(=O)N1CCN(c2ccc([N+](=O)[O-])c(-c3ccc(F)c(/C=C4\SC(=O)NC4=O)c3)n2)CC1. The number of hydrogen-bond acceptors (Lipinski definition) is 8. The van der Waals surface area contributed by atoms with Gasteiger partial charge in [-0.05, 0) is 42.1 Å². The lowest BCUT2D eigenvalue weighted by Crippen LogP contribution is -2.48. The fraction of sp³-hybridized carbons (Fsp3) is 0.238. The van der Waals surface area contributed by atoms with Crippen LogP contribution in [-0.2, 0) is 9.59 Å². The molecule has 0 saturated carbocycles. The highest BCUT2D eigenvalue weighted by atomic mass is 32.2. The van der Waals surface area contributed by atoms with Crippen LogP contribution in [0.25, 0.3) is 17.3 Å². The average Bonchev–Trinajstić information content (AvgIpc) is 3.11. The lowest BCUT2D eigenvalue weighted by atomic mass is 10.0. The van der Waals surface area contributed by atoms with E-state index in [4.69, 9.17) is 0 Å². The Hall–Kier alpha value is -3.80. The predicted molar refractivity (Wildman–Crippen MR) is 120 cm³/mol. The second kappa shape index (κ2) is 8.98. The summed E-state index contributed by atoms with van der Waals surface area (Å²) in [6, 6.07) is 6.74. The first-order valence-electron chi connectivity index (χ1n) is 9.93. The first-order valence-corrected chi connectivity index (χ1v) is 10.8. The van der Waals surface area contributed by atoms with Gasteiger partial charge in [-0.3, -0.25) is 29.8 Å². The van der Waals surface area contributed by atoms with Gasteiger partial charge in [0.15, 0.2) is 5.69 Å². The van der Waals surface area contributed by atoms with E-state index in [0.717, 1.165) is 6.07 Å². The summed E-state index contributed by atoms with van der Waals surface area (Å²) in [6.45, 7) is 3.56. The molecule has 0 spiro atoms. The highest BCUT2D eigenvalue weighted by molar-refractivity contribution is 8.18. The number of amides is 3. The molecule has 2 fully saturated rings. The Bertz CT molecular complexity index is 1210. The van der Waals surface area contributed by atoms with Gasteiger partial charge in [0.1, 0.15) is 11.6 Å². The molecule has 1 aromatic heterocycles. The van der Waals surface area contributed by atoms with Crippen molar-refractivity contribution in [2.45, 2.75) is 6.92 Å². The molecular weight excluding hydrogens is 453 g/mol. The van der Waals surface area contributed by atoms with Crippen LogP contribution in [0, 0.1) is 15.9 Å². The molecule has 0 aliphatic carbocycles. The maximum Gasteiger partial charge on any atom is 0.295 e. The number of imide groups is 1. The number of nitrogens with one attached hydrogen (secondary N) is 1. The molecule has 170 valence electrons. The van der Waals surface area contributed by atoms with Crippen molar-refractivity contribution >= 4 is 46.4 Å². The highest BCUT2D eigenvalue weighted by Gasteiger charge is 2.26. The molecule has 4 rings (SSSR count). The molecule has 0 atom stereocenters. The zero-order valence-corrected chi connectivity index (χ0v) is 18.2. The first-order chi connectivity index (χ1) is 15.7. The molecule has 3 heterocycles. The monoisotopic (exact) mass is 471 g/mol. The van der Waals surface area contributed by atoms with Crippen LogP contribution in [0.15, 0.2) is 35.2 Å². The van der Waals surface area contributed by atoms with Crippen LogP contribution in [0.4, 0.5) is 20.7 Å². The van der Waals surface area contributed by atoms with E-state index in [-0.39, 0.29) is 33.3 Å². The van der Waals surface area contributed by atoms with Crippen molar-refractivity contribution in [2.75, 3.05) is 31.1 Å². The van der Waals surface area contributed by atoms with Crippen molar-refractivity contribution in [3.8, 4) is 11.3 Å². The summed E-state index contributed by atoms with van der Waals surface area (Å²) in [6.07, 6.45) is 1.22. The van der Waals surface area contributed by atoms with Crippen molar-refractivity contribution < 1.29 is 23.7 Å². The average molecular weight is 471 g/mol. The molecule has 2 aliphatic rings. The number of nitrogens with zero attached hydrogens (tertiary/aromatic N) is 4. The molecule has 0 radical (unpaired) electrons. The van der Waals surface area contributed by atoms with E-state index in [1.807, 2.05) is 4.90 Å². The number of piperazine rings is 1. The van der Waals surface area contributed by atoms with Gasteiger partial charge in [-0.25, -0.2) is 9.37 Å². The summed E-state index contributed by atoms with van der Waals surface area (Å²) in [5, 5.41) is 13.2. The number of halogens is 1. The molecule has 0 unspecified atom stereocenters. The molecule has 1 aromatic carbocycles. The maximum absolute atomic E-state index is 14.4. The minimum absolute atomic E-state index is 0.00331.